The van der Waals surface area contributed by atoms with Crippen molar-refractivity contribution < 1.29 is 4.21 Å². The quantitative estimate of drug-likeness (QED) is 0.787. The van der Waals surface area contributed by atoms with Crippen molar-refractivity contribution >= 4 is 11.0 Å². The Morgan fingerprint density at radius 2 is 2.00 bits per heavy atom. The molecule has 1 unspecified atom stereocenters. The number of hydrogen-bond donors (Lipinski definition) is 1. The summed E-state index contributed by atoms with van der Waals surface area (Å²) >= 11 is 0. The molecular formula is C10H15NOS. The van der Waals surface area contributed by atoms with Gasteiger partial charge < -0.3 is 0 Å². The second-order valence-corrected chi connectivity index (χ2v) is 4.25. The Morgan fingerprint density at radius 1 is 1.38 bits per heavy atom. The zero-order chi connectivity index (χ0) is 9.68. The van der Waals surface area contributed by atoms with Gasteiger partial charge in [-0.1, -0.05) is 25.1 Å². The van der Waals surface area contributed by atoms with Crippen LogP contribution in [0, 0.1) is 0 Å². The van der Waals surface area contributed by atoms with Gasteiger partial charge in [0.05, 0.1) is 4.90 Å². The van der Waals surface area contributed by atoms with Gasteiger partial charge >= 0.3 is 0 Å². The summed E-state index contributed by atoms with van der Waals surface area (Å²) in [4.78, 5) is 0.836. The van der Waals surface area contributed by atoms with Gasteiger partial charge in [0.1, 0.15) is 11.0 Å². The molecular weight excluding hydrogens is 182 g/mol. The van der Waals surface area contributed by atoms with Crippen molar-refractivity contribution in [2.75, 3.05) is 0 Å². The third kappa shape index (κ3) is 3.28. The SMILES string of the molecule is CC[C@H](C)NS(=O)c1ccccc1. The summed E-state index contributed by atoms with van der Waals surface area (Å²) in [6.45, 7) is 4.10. The Labute approximate surface area is 82.0 Å². The predicted molar refractivity (Wildman–Crippen MR) is 55.7 cm³/mol. The van der Waals surface area contributed by atoms with Crippen LogP contribution in [-0.2, 0) is 11.0 Å². The molecule has 1 rings (SSSR count). The van der Waals surface area contributed by atoms with Gasteiger partial charge in [0.25, 0.3) is 0 Å². The predicted octanol–water partition coefficient (Wildman–Crippen LogP) is 2.10. The summed E-state index contributed by atoms with van der Waals surface area (Å²) in [7, 11) is -1.06. The van der Waals surface area contributed by atoms with Gasteiger partial charge in [-0.25, -0.2) is 8.93 Å². The van der Waals surface area contributed by atoms with E-state index in [1.807, 2.05) is 37.3 Å². The molecule has 2 atom stereocenters. The van der Waals surface area contributed by atoms with Gasteiger partial charge in [0.15, 0.2) is 0 Å². The number of rotatable bonds is 4. The van der Waals surface area contributed by atoms with E-state index in [9.17, 15) is 4.21 Å². The standard InChI is InChI=1S/C10H15NOS/c1-3-9(2)11-13(12)10-7-5-4-6-8-10/h4-9,11H,3H2,1-2H3/t9-,13?/m0/s1. The smallest absolute Gasteiger partial charge is 0.125 e. The minimum Gasteiger partial charge on any atom is -0.237 e. The molecule has 2 nitrogen and oxygen atoms in total. The molecule has 0 spiro atoms. The molecule has 0 aliphatic rings. The maximum atomic E-state index is 11.6. The minimum absolute atomic E-state index is 0.293. The highest BCUT2D eigenvalue weighted by atomic mass is 32.2. The fraction of sp³-hybridized carbons (Fsp3) is 0.400. The maximum Gasteiger partial charge on any atom is 0.125 e. The van der Waals surface area contributed by atoms with Crippen molar-refractivity contribution in [2.45, 2.75) is 31.2 Å². The summed E-state index contributed by atoms with van der Waals surface area (Å²) in [5.41, 5.74) is 0. The lowest BCUT2D eigenvalue weighted by atomic mass is 10.3. The lowest BCUT2D eigenvalue weighted by molar-refractivity contribution is 0.624. The zero-order valence-corrected chi connectivity index (χ0v) is 8.80. The number of hydrogen-bond acceptors (Lipinski definition) is 1. The fourth-order valence-corrected chi connectivity index (χ4v) is 1.95. The lowest BCUT2D eigenvalue weighted by Gasteiger charge is -2.09. The molecule has 1 aromatic rings. The molecule has 0 saturated heterocycles. The van der Waals surface area contributed by atoms with Gasteiger partial charge in [0.2, 0.25) is 0 Å². The van der Waals surface area contributed by atoms with E-state index in [1.54, 1.807) is 0 Å². The summed E-state index contributed by atoms with van der Waals surface area (Å²) in [5, 5.41) is 0. The van der Waals surface area contributed by atoms with Crippen LogP contribution < -0.4 is 4.72 Å². The van der Waals surface area contributed by atoms with Gasteiger partial charge in [-0.3, -0.25) is 0 Å². The highest BCUT2D eigenvalue weighted by Crippen LogP contribution is 2.04. The molecule has 0 aromatic heterocycles. The highest BCUT2D eigenvalue weighted by Gasteiger charge is 2.05. The summed E-state index contributed by atoms with van der Waals surface area (Å²) in [6.07, 6.45) is 0.985. The molecule has 3 heteroatoms. The average Bonchev–Trinajstić information content (AvgIpc) is 2.19. The van der Waals surface area contributed by atoms with E-state index in [0.29, 0.717) is 6.04 Å². The molecule has 0 aliphatic carbocycles. The zero-order valence-electron chi connectivity index (χ0n) is 7.99. The van der Waals surface area contributed by atoms with E-state index in [1.165, 1.54) is 0 Å². The Bertz CT molecular complexity index is 274. The Balaban J connectivity index is 2.59. The Morgan fingerprint density at radius 3 is 2.54 bits per heavy atom. The second kappa shape index (κ2) is 5.14. The first-order valence-electron chi connectivity index (χ1n) is 4.47. The van der Waals surface area contributed by atoms with Crippen molar-refractivity contribution in [2.24, 2.45) is 0 Å². The van der Waals surface area contributed by atoms with Crippen molar-refractivity contribution in [1.29, 1.82) is 0 Å². The first-order valence-corrected chi connectivity index (χ1v) is 5.62. The van der Waals surface area contributed by atoms with E-state index in [2.05, 4.69) is 11.6 Å². The van der Waals surface area contributed by atoms with Crippen molar-refractivity contribution in [3.63, 3.8) is 0 Å². The van der Waals surface area contributed by atoms with Crippen molar-refractivity contribution in [1.82, 2.24) is 4.72 Å². The molecule has 1 aromatic carbocycles. The molecule has 0 aliphatic heterocycles. The van der Waals surface area contributed by atoms with E-state index >= 15 is 0 Å². The van der Waals surface area contributed by atoms with Crippen LogP contribution in [0.2, 0.25) is 0 Å². The monoisotopic (exact) mass is 197 g/mol. The third-order valence-corrected chi connectivity index (χ3v) is 3.19. The molecule has 13 heavy (non-hydrogen) atoms. The van der Waals surface area contributed by atoms with Crippen LogP contribution in [0.4, 0.5) is 0 Å². The van der Waals surface area contributed by atoms with Gasteiger partial charge in [0, 0.05) is 6.04 Å². The first-order chi connectivity index (χ1) is 6.24. The van der Waals surface area contributed by atoms with Gasteiger partial charge in [-0.15, -0.1) is 0 Å². The van der Waals surface area contributed by atoms with Gasteiger partial charge in [-0.05, 0) is 25.5 Å². The van der Waals surface area contributed by atoms with Gasteiger partial charge in [-0.2, -0.15) is 0 Å². The highest BCUT2D eigenvalue weighted by molar-refractivity contribution is 7.83. The first kappa shape index (κ1) is 10.4. The van der Waals surface area contributed by atoms with Crippen LogP contribution in [0.25, 0.3) is 0 Å². The topological polar surface area (TPSA) is 29.1 Å². The third-order valence-electron chi connectivity index (χ3n) is 1.88. The van der Waals surface area contributed by atoms with Crippen LogP contribution in [0.15, 0.2) is 35.2 Å². The maximum absolute atomic E-state index is 11.6. The van der Waals surface area contributed by atoms with Crippen LogP contribution in [-0.4, -0.2) is 10.3 Å². The molecule has 0 fully saturated rings. The van der Waals surface area contributed by atoms with Crippen molar-refractivity contribution in [3.8, 4) is 0 Å². The molecule has 0 bridgehead atoms. The second-order valence-electron chi connectivity index (χ2n) is 3.01. The largest absolute Gasteiger partial charge is 0.237 e. The normalized spacial score (nSPS) is 15.2. The van der Waals surface area contributed by atoms with Crippen LogP contribution in [0.3, 0.4) is 0 Å². The fourth-order valence-electron chi connectivity index (χ4n) is 0.878. The Kier molecular flexibility index (Phi) is 4.12. The summed E-state index contributed by atoms with van der Waals surface area (Å²) < 4.78 is 14.6. The lowest BCUT2D eigenvalue weighted by Crippen LogP contribution is -2.27. The molecule has 0 heterocycles. The van der Waals surface area contributed by atoms with E-state index in [0.717, 1.165) is 11.3 Å². The summed E-state index contributed by atoms with van der Waals surface area (Å²) in [6, 6.07) is 9.74. The average molecular weight is 197 g/mol. The molecule has 0 amide bonds. The van der Waals surface area contributed by atoms with E-state index in [-0.39, 0.29) is 0 Å². The summed E-state index contributed by atoms with van der Waals surface area (Å²) in [5.74, 6) is 0. The number of nitrogens with one attached hydrogen (secondary N) is 1. The van der Waals surface area contributed by atoms with E-state index in [4.69, 9.17) is 0 Å². The Hall–Kier alpha value is -0.670. The molecule has 0 radical (unpaired) electrons. The molecule has 72 valence electrons. The number of benzene rings is 1. The molecule has 1 N–H and O–H groups in total. The van der Waals surface area contributed by atoms with Crippen molar-refractivity contribution in [3.05, 3.63) is 30.3 Å². The van der Waals surface area contributed by atoms with E-state index < -0.39 is 11.0 Å². The van der Waals surface area contributed by atoms with Crippen LogP contribution in [0.1, 0.15) is 20.3 Å². The van der Waals surface area contributed by atoms with Crippen LogP contribution in [0.5, 0.6) is 0 Å². The molecule has 0 saturated carbocycles. The minimum atomic E-state index is -1.06. The van der Waals surface area contributed by atoms with Crippen LogP contribution >= 0.6 is 0 Å².